The van der Waals surface area contributed by atoms with Crippen molar-refractivity contribution in [1.82, 2.24) is 0 Å². The quantitative estimate of drug-likeness (QED) is 0.0341. The van der Waals surface area contributed by atoms with Crippen LogP contribution in [0.3, 0.4) is 0 Å². The molecule has 1 radical (unpaired) electrons. The molecule has 0 aromatic rings. The van der Waals surface area contributed by atoms with Crippen molar-refractivity contribution in [2.24, 2.45) is 0 Å². The fourth-order valence-electron chi connectivity index (χ4n) is 6.77. The standard InChI is InChI=1S/4C12H27OP.Fe/c4*1-4-7-10-14(13,11-8-5-2)12-9-6-3;/h4*4-12H2,1-3H3;/q;;;;+3/p+4. The smallest absolute Gasteiger partial charge is 0.320 e. The van der Waals surface area contributed by atoms with Crippen LogP contribution in [-0.4, -0.2) is 92.2 Å². The van der Waals surface area contributed by atoms with Gasteiger partial charge in [-0.1, -0.05) is 160 Å². The van der Waals surface area contributed by atoms with Gasteiger partial charge in [-0.3, -0.25) is 0 Å². The summed E-state index contributed by atoms with van der Waals surface area (Å²) in [4.78, 5) is 0. The van der Waals surface area contributed by atoms with Crippen molar-refractivity contribution in [3.63, 3.8) is 0 Å². The Morgan fingerprint density at radius 3 is 0.316 bits per heavy atom. The molecule has 57 heavy (non-hydrogen) atoms. The maximum Gasteiger partial charge on any atom is 3.00 e. The van der Waals surface area contributed by atoms with E-state index in [2.05, 4.69) is 83.1 Å². The van der Waals surface area contributed by atoms with Crippen LogP contribution in [0.25, 0.3) is 0 Å². The van der Waals surface area contributed by atoms with Gasteiger partial charge in [0.15, 0.2) is 0 Å². The molecule has 0 bridgehead atoms. The van der Waals surface area contributed by atoms with Gasteiger partial charge in [-0.15, -0.1) is 0 Å². The van der Waals surface area contributed by atoms with Gasteiger partial charge in [0.1, 0.15) is 0 Å². The van der Waals surface area contributed by atoms with Crippen LogP contribution in [0.2, 0.25) is 0 Å². The molecule has 4 N–H and O–H groups in total. The minimum atomic E-state index is -1.52. The Kier molecular flexibility index (Phi) is 57.4. The summed E-state index contributed by atoms with van der Waals surface area (Å²) in [5, 5.41) is 0. The average Bonchev–Trinajstić information content (AvgIpc) is 3.21. The van der Waals surface area contributed by atoms with Crippen molar-refractivity contribution in [3.05, 3.63) is 0 Å². The van der Waals surface area contributed by atoms with Crippen molar-refractivity contribution >= 4 is 28.6 Å². The SMILES string of the molecule is CCCCP(=[OH+])(CCCC)CCCC.CCCCP(=[OH+])(CCCC)CCCC.CCCCP(=[OH+])(CCCC)CCCC.CCCCP(=[OH+])(CCCC)CCCC.[Fe+3]. The molecule has 0 rings (SSSR count). The molecular formula is C48H112FeO4P4+7. The molecule has 0 amide bonds. The molecule has 4 nitrogen and oxygen atoms in total. The second-order valence-corrected chi connectivity index (χ2v) is 31.4. The number of hydrogen-bond acceptors (Lipinski definition) is 0. The normalized spacial score (nSPS) is 11.7. The predicted octanol–water partition coefficient (Wildman–Crippen LogP) is 18.8. The molecule has 0 atom stereocenters. The summed E-state index contributed by atoms with van der Waals surface area (Å²) in [5.74, 6) is 0. The van der Waals surface area contributed by atoms with E-state index < -0.39 is 28.6 Å². The topological polar surface area (TPSA) is 85.6 Å². The van der Waals surface area contributed by atoms with E-state index in [9.17, 15) is 18.3 Å². The fourth-order valence-corrected chi connectivity index (χ4v) is 20.3. The summed E-state index contributed by atoms with van der Waals surface area (Å²) in [7, 11) is -6.08. The van der Waals surface area contributed by atoms with Crippen LogP contribution in [0, 0.1) is 0 Å². The van der Waals surface area contributed by atoms with Crippen molar-refractivity contribution < 1.29 is 35.3 Å². The van der Waals surface area contributed by atoms with Gasteiger partial charge in [0.25, 0.3) is 0 Å². The van der Waals surface area contributed by atoms with Crippen LogP contribution >= 0.6 is 28.6 Å². The maximum atomic E-state index is 10.5. The van der Waals surface area contributed by atoms with Crippen molar-refractivity contribution in [1.29, 1.82) is 0 Å². The summed E-state index contributed by atoms with van der Waals surface area (Å²) in [6.45, 7) is 26.5. The van der Waals surface area contributed by atoms with E-state index in [-0.39, 0.29) is 17.1 Å². The summed E-state index contributed by atoms with van der Waals surface area (Å²) in [5.41, 5.74) is 0. The van der Waals surface area contributed by atoms with Crippen molar-refractivity contribution in [2.45, 2.75) is 237 Å². The first-order valence-corrected chi connectivity index (χ1v) is 34.3. The van der Waals surface area contributed by atoms with E-state index in [1.54, 1.807) is 0 Å². The van der Waals surface area contributed by atoms with E-state index in [1.807, 2.05) is 0 Å². The maximum absolute atomic E-state index is 10.5. The molecule has 0 aliphatic carbocycles. The molecule has 0 spiro atoms. The van der Waals surface area contributed by atoms with Gasteiger partial charge >= 0.3 is 17.1 Å². The fraction of sp³-hybridized carbons (Fsp3) is 1.00. The minimum absolute atomic E-state index is 0. The predicted molar refractivity (Wildman–Crippen MR) is 273 cm³/mol. The van der Waals surface area contributed by atoms with Crippen LogP contribution in [-0.2, 0) is 17.1 Å². The van der Waals surface area contributed by atoms with Gasteiger partial charge in [0, 0.05) is 73.9 Å². The number of rotatable bonds is 36. The Balaban J connectivity index is -0.000000210. The first-order valence-electron chi connectivity index (χ1n) is 25.1. The van der Waals surface area contributed by atoms with Gasteiger partial charge in [0.05, 0.1) is 0 Å². The molecule has 0 aliphatic rings. The Morgan fingerprint density at radius 1 is 0.193 bits per heavy atom. The van der Waals surface area contributed by atoms with Crippen molar-refractivity contribution in [3.8, 4) is 0 Å². The molecule has 9 heteroatoms. The minimum Gasteiger partial charge on any atom is -0.320 e. The molecule has 0 fully saturated rings. The first-order chi connectivity index (χ1) is 26.7. The second-order valence-electron chi connectivity index (χ2n) is 17.3. The van der Waals surface area contributed by atoms with E-state index >= 15 is 0 Å². The summed E-state index contributed by atoms with van der Waals surface area (Å²) in [6, 6.07) is 0. The third-order valence-electron chi connectivity index (χ3n) is 11.1. The third kappa shape index (κ3) is 46.8. The van der Waals surface area contributed by atoms with Gasteiger partial charge in [-0.25, -0.2) is 0 Å². The van der Waals surface area contributed by atoms with Crippen LogP contribution in [0.4, 0.5) is 0 Å². The van der Waals surface area contributed by atoms with E-state index in [0.717, 1.165) is 73.9 Å². The molecule has 0 aliphatic heterocycles. The Labute approximate surface area is 373 Å². The molecule has 0 heterocycles. The average molecular weight is 933 g/mol. The van der Waals surface area contributed by atoms with Crippen LogP contribution in [0.1, 0.15) is 237 Å². The summed E-state index contributed by atoms with van der Waals surface area (Å²) >= 11 is 0. The summed E-state index contributed by atoms with van der Waals surface area (Å²) in [6.07, 6.45) is 42.7. The van der Waals surface area contributed by atoms with Crippen LogP contribution in [0.15, 0.2) is 0 Å². The zero-order valence-corrected chi connectivity index (χ0v) is 46.1. The zero-order chi connectivity index (χ0) is 43.5. The molecule has 349 valence electrons. The Bertz CT molecular complexity index is 708. The number of hydrogen-bond donors (Lipinski definition) is 0. The Morgan fingerprint density at radius 2 is 0.263 bits per heavy atom. The molecule has 0 unspecified atom stereocenters. The van der Waals surface area contributed by atoms with Crippen LogP contribution < -0.4 is 0 Å². The molecule has 0 aromatic heterocycles. The van der Waals surface area contributed by atoms with E-state index in [0.29, 0.717) is 0 Å². The van der Waals surface area contributed by atoms with Gasteiger partial charge in [-0.05, 0) is 77.0 Å². The summed E-state index contributed by atoms with van der Waals surface area (Å²) < 4.78 is 42.1. The van der Waals surface area contributed by atoms with Crippen molar-refractivity contribution in [2.75, 3.05) is 73.9 Å². The van der Waals surface area contributed by atoms with Crippen LogP contribution in [0.5, 0.6) is 0 Å². The largest absolute Gasteiger partial charge is 3.00 e. The molecular weight excluding hydrogens is 820 g/mol. The third-order valence-corrected chi connectivity index (χ3v) is 24.9. The van der Waals surface area contributed by atoms with E-state index in [1.165, 1.54) is 154 Å². The molecule has 0 saturated carbocycles. The second kappa shape index (κ2) is 48.5. The Hall–Kier alpha value is 1.44. The first kappa shape index (κ1) is 67.5. The number of unbranched alkanes of at least 4 members (excludes halogenated alkanes) is 12. The molecule has 0 saturated heterocycles. The van der Waals surface area contributed by atoms with Gasteiger partial charge in [-0.2, -0.15) is 0 Å². The van der Waals surface area contributed by atoms with E-state index in [4.69, 9.17) is 0 Å². The monoisotopic (exact) mass is 933 g/mol. The molecule has 0 aromatic carbocycles. The van der Waals surface area contributed by atoms with Gasteiger partial charge < -0.3 is 18.3 Å². The van der Waals surface area contributed by atoms with Gasteiger partial charge in [0.2, 0.25) is 28.6 Å². The zero-order valence-electron chi connectivity index (χ0n) is 41.4.